The fourth-order valence-electron chi connectivity index (χ4n) is 4.42. The largest absolute Gasteiger partial charge is 0.366 e. The van der Waals surface area contributed by atoms with Gasteiger partial charge in [0.2, 0.25) is 5.91 Å². The quantitative estimate of drug-likeness (QED) is 0.712. The molecule has 33 heavy (non-hydrogen) atoms. The van der Waals surface area contributed by atoms with E-state index in [-0.39, 0.29) is 5.91 Å². The molecule has 1 saturated heterocycles. The van der Waals surface area contributed by atoms with Crippen LogP contribution in [0, 0.1) is 0 Å². The third-order valence-electron chi connectivity index (χ3n) is 6.17. The Hall–Kier alpha value is -2.90. The van der Waals surface area contributed by atoms with Crippen LogP contribution in [0.2, 0.25) is 0 Å². The molecule has 0 aromatic heterocycles. The van der Waals surface area contributed by atoms with Crippen LogP contribution in [0.15, 0.2) is 59.1 Å². The number of hydrogen-bond acceptors (Lipinski definition) is 5. The van der Waals surface area contributed by atoms with Crippen LogP contribution in [-0.2, 0) is 0 Å². The van der Waals surface area contributed by atoms with Crippen LogP contribution in [0.4, 0.5) is 0 Å². The molecule has 0 bridgehead atoms. The lowest BCUT2D eigenvalue weighted by atomic mass is 9.87. The zero-order valence-corrected chi connectivity index (χ0v) is 20.0. The molecule has 1 atom stereocenters. The summed E-state index contributed by atoms with van der Waals surface area (Å²) in [5.41, 5.74) is 13.2. The summed E-state index contributed by atoms with van der Waals surface area (Å²) in [7, 11) is 3.51. The summed E-state index contributed by atoms with van der Waals surface area (Å²) < 4.78 is 0. The van der Waals surface area contributed by atoms with Crippen LogP contribution >= 0.6 is 11.8 Å². The first-order chi connectivity index (χ1) is 15.9. The van der Waals surface area contributed by atoms with Gasteiger partial charge in [-0.3, -0.25) is 14.6 Å². The molecule has 2 heterocycles. The molecule has 2 aromatic carbocycles. The molecule has 2 amide bonds. The molecule has 2 aromatic rings. The highest BCUT2D eigenvalue weighted by atomic mass is 32.2. The van der Waals surface area contributed by atoms with Gasteiger partial charge >= 0.3 is 0 Å². The van der Waals surface area contributed by atoms with Gasteiger partial charge in [-0.1, -0.05) is 29.8 Å². The standard InChI is InChI=1S/C26H30N4O2S/c1-29(2)26(32)20-8-6-18(7-9-20)24(21-4-3-5-22(14-21)25(27)31)19-10-12-30(13-11-19)16-23-15-28-17-33-23/h3-9,14,17,23H,10-13,15-16H2,1-2H3,(H2,27,31). The summed E-state index contributed by atoms with van der Waals surface area (Å²) in [5, 5.41) is 0.559. The highest BCUT2D eigenvalue weighted by Crippen LogP contribution is 2.33. The molecule has 0 saturated carbocycles. The predicted octanol–water partition coefficient (Wildman–Crippen LogP) is 3.53. The van der Waals surface area contributed by atoms with Crippen LogP contribution in [-0.4, -0.2) is 72.7 Å². The van der Waals surface area contributed by atoms with Crippen LogP contribution in [0.3, 0.4) is 0 Å². The smallest absolute Gasteiger partial charge is 0.253 e. The molecular weight excluding hydrogens is 432 g/mol. The van der Waals surface area contributed by atoms with Gasteiger partial charge in [-0.2, -0.15) is 0 Å². The summed E-state index contributed by atoms with van der Waals surface area (Å²) in [4.78, 5) is 32.6. The lowest BCUT2D eigenvalue weighted by molar-refractivity contribution is 0.0827. The molecule has 2 aliphatic rings. The van der Waals surface area contributed by atoms with Gasteiger partial charge < -0.3 is 15.5 Å². The van der Waals surface area contributed by atoms with Gasteiger partial charge in [0.25, 0.3) is 5.91 Å². The van der Waals surface area contributed by atoms with E-state index in [9.17, 15) is 9.59 Å². The van der Waals surface area contributed by atoms with Crippen molar-refractivity contribution in [3.8, 4) is 0 Å². The highest BCUT2D eigenvalue weighted by Gasteiger charge is 2.23. The molecule has 172 valence electrons. The number of likely N-dealkylation sites (tertiary alicyclic amines) is 1. The summed E-state index contributed by atoms with van der Waals surface area (Å²) in [6.07, 6.45) is 1.93. The number of carbonyl (C=O) groups is 2. The predicted molar refractivity (Wildman–Crippen MR) is 136 cm³/mol. The number of hydrogen-bond donors (Lipinski definition) is 1. The van der Waals surface area contributed by atoms with Crippen molar-refractivity contribution in [3.63, 3.8) is 0 Å². The van der Waals surface area contributed by atoms with Crippen molar-refractivity contribution < 1.29 is 9.59 Å². The molecule has 2 aliphatic heterocycles. The van der Waals surface area contributed by atoms with E-state index in [0.717, 1.165) is 55.7 Å². The zero-order chi connectivity index (χ0) is 23.4. The van der Waals surface area contributed by atoms with Crippen molar-refractivity contribution >= 4 is 34.7 Å². The molecular formula is C26H30N4O2S. The highest BCUT2D eigenvalue weighted by molar-refractivity contribution is 8.12. The van der Waals surface area contributed by atoms with Crippen molar-refractivity contribution in [2.24, 2.45) is 10.7 Å². The first-order valence-corrected chi connectivity index (χ1v) is 12.2. The Kier molecular flexibility index (Phi) is 7.30. The number of nitrogens with zero attached hydrogens (tertiary/aromatic N) is 3. The van der Waals surface area contributed by atoms with E-state index in [1.165, 1.54) is 5.57 Å². The van der Waals surface area contributed by atoms with Crippen LogP contribution < -0.4 is 5.73 Å². The average Bonchev–Trinajstić information content (AvgIpc) is 3.33. The van der Waals surface area contributed by atoms with Crippen molar-refractivity contribution in [2.75, 3.05) is 40.3 Å². The summed E-state index contributed by atoms with van der Waals surface area (Å²) in [5.74, 6) is -0.451. The summed E-state index contributed by atoms with van der Waals surface area (Å²) >= 11 is 1.83. The number of amides is 2. The Morgan fingerprint density at radius 3 is 2.30 bits per heavy atom. The maximum atomic E-state index is 12.3. The zero-order valence-electron chi connectivity index (χ0n) is 19.2. The second-order valence-corrected chi connectivity index (χ2v) is 9.88. The summed E-state index contributed by atoms with van der Waals surface area (Å²) in [6.45, 7) is 3.98. The van der Waals surface area contributed by atoms with Gasteiger partial charge in [-0.25, -0.2) is 0 Å². The molecule has 0 spiro atoms. The van der Waals surface area contributed by atoms with Gasteiger partial charge in [0.05, 0.1) is 12.1 Å². The fraction of sp³-hybridized carbons (Fsp3) is 0.346. The SMILES string of the molecule is CN(C)C(=O)c1ccc(C(=C2CCN(CC3CN=CS3)CC2)c2cccc(C(N)=O)c2)cc1. The lowest BCUT2D eigenvalue weighted by Gasteiger charge is -2.31. The molecule has 0 radical (unpaired) electrons. The number of aliphatic imine (C=N–C) groups is 1. The number of primary amides is 1. The van der Waals surface area contributed by atoms with E-state index in [2.05, 4.69) is 9.89 Å². The van der Waals surface area contributed by atoms with Gasteiger partial charge in [0, 0.05) is 50.1 Å². The third-order valence-corrected chi connectivity index (χ3v) is 7.13. The average molecular weight is 463 g/mol. The Labute approximate surface area is 199 Å². The molecule has 1 fully saturated rings. The maximum absolute atomic E-state index is 12.3. The van der Waals surface area contributed by atoms with E-state index in [1.54, 1.807) is 25.1 Å². The van der Waals surface area contributed by atoms with E-state index < -0.39 is 5.91 Å². The van der Waals surface area contributed by atoms with Gasteiger partial charge in [0.15, 0.2) is 0 Å². The molecule has 4 rings (SSSR count). The minimum absolute atomic E-state index is 0.0199. The third kappa shape index (κ3) is 5.54. The lowest BCUT2D eigenvalue weighted by Crippen LogP contribution is -2.36. The number of nitrogens with two attached hydrogens (primary N) is 1. The van der Waals surface area contributed by atoms with Crippen molar-refractivity contribution in [3.05, 3.63) is 76.4 Å². The number of thioether (sulfide) groups is 1. The fourth-order valence-corrected chi connectivity index (χ4v) is 5.23. The van der Waals surface area contributed by atoms with Crippen LogP contribution in [0.25, 0.3) is 5.57 Å². The van der Waals surface area contributed by atoms with Crippen LogP contribution in [0.5, 0.6) is 0 Å². The Morgan fingerprint density at radius 1 is 1.03 bits per heavy atom. The van der Waals surface area contributed by atoms with E-state index in [4.69, 9.17) is 5.73 Å². The van der Waals surface area contributed by atoms with Crippen molar-refractivity contribution in [2.45, 2.75) is 18.1 Å². The van der Waals surface area contributed by atoms with Gasteiger partial charge in [0.1, 0.15) is 0 Å². The number of rotatable bonds is 6. The first-order valence-electron chi connectivity index (χ1n) is 11.2. The topological polar surface area (TPSA) is 79.0 Å². The molecule has 7 heteroatoms. The summed E-state index contributed by atoms with van der Waals surface area (Å²) in [6, 6.07) is 15.3. The van der Waals surface area contributed by atoms with Gasteiger partial charge in [-0.15, -0.1) is 11.8 Å². The van der Waals surface area contributed by atoms with E-state index in [1.807, 2.05) is 59.8 Å². The molecule has 1 unspecified atom stereocenters. The second kappa shape index (κ2) is 10.4. The van der Waals surface area contributed by atoms with E-state index in [0.29, 0.717) is 16.4 Å². The Bertz CT molecular complexity index is 1070. The van der Waals surface area contributed by atoms with Crippen molar-refractivity contribution in [1.82, 2.24) is 9.80 Å². The number of benzene rings is 2. The normalized spacial score (nSPS) is 18.4. The Morgan fingerprint density at radius 2 is 1.70 bits per heavy atom. The minimum Gasteiger partial charge on any atom is -0.366 e. The van der Waals surface area contributed by atoms with Crippen LogP contribution in [0.1, 0.15) is 44.7 Å². The molecule has 0 aliphatic carbocycles. The van der Waals surface area contributed by atoms with Gasteiger partial charge in [-0.05, 0) is 53.8 Å². The van der Waals surface area contributed by atoms with Crippen molar-refractivity contribution in [1.29, 1.82) is 0 Å². The maximum Gasteiger partial charge on any atom is 0.253 e. The molecule has 6 nitrogen and oxygen atoms in total. The van der Waals surface area contributed by atoms with E-state index >= 15 is 0 Å². The second-order valence-electron chi connectivity index (χ2n) is 8.73. The minimum atomic E-state index is -0.431. The monoisotopic (exact) mass is 462 g/mol. The first kappa shape index (κ1) is 23.3. The number of carbonyl (C=O) groups excluding carboxylic acids is 2. The Balaban J connectivity index is 1.64. The number of piperidine rings is 1. The molecule has 2 N–H and O–H groups in total.